The lowest BCUT2D eigenvalue weighted by molar-refractivity contribution is 0.315. The van der Waals surface area contributed by atoms with E-state index < -0.39 is 0 Å². The van der Waals surface area contributed by atoms with Crippen LogP contribution in [0.4, 0.5) is 0 Å². The molecule has 0 spiro atoms. The molecule has 1 aromatic rings. The number of hydrogen-bond acceptors (Lipinski definition) is 2. The fraction of sp³-hybridized carbons (Fsp3) is 0.417. The van der Waals surface area contributed by atoms with Crippen molar-refractivity contribution < 1.29 is 4.74 Å². The molecule has 0 fully saturated rings. The van der Waals surface area contributed by atoms with Crippen LogP contribution in [-0.4, -0.2) is 12.6 Å². The first-order chi connectivity index (χ1) is 7.63. The van der Waals surface area contributed by atoms with Gasteiger partial charge in [0.1, 0.15) is 5.75 Å². The number of guanidine groups is 1. The van der Waals surface area contributed by atoms with Gasteiger partial charge in [-0.1, -0.05) is 19.1 Å². The smallest absolute Gasteiger partial charge is 0.186 e. The highest BCUT2D eigenvalue weighted by atomic mass is 16.5. The number of aryl methyl sites for hydroxylation is 1. The molecule has 4 N–H and O–H groups in total. The van der Waals surface area contributed by atoms with Crippen molar-refractivity contribution >= 4 is 5.96 Å². The van der Waals surface area contributed by atoms with Gasteiger partial charge in [0.15, 0.2) is 5.96 Å². The van der Waals surface area contributed by atoms with Crippen molar-refractivity contribution in [1.82, 2.24) is 0 Å². The summed E-state index contributed by atoms with van der Waals surface area (Å²) < 4.78 is 5.58. The van der Waals surface area contributed by atoms with Crippen molar-refractivity contribution in [3.8, 4) is 5.75 Å². The van der Waals surface area contributed by atoms with E-state index in [1.807, 2.05) is 25.1 Å². The van der Waals surface area contributed by atoms with E-state index in [-0.39, 0.29) is 5.96 Å². The molecule has 0 aliphatic carbocycles. The topological polar surface area (TPSA) is 73.6 Å². The third-order valence-electron chi connectivity index (χ3n) is 2.15. The Labute approximate surface area is 96.3 Å². The molecular weight excluding hydrogens is 202 g/mol. The van der Waals surface area contributed by atoms with Crippen LogP contribution in [0.1, 0.15) is 24.5 Å². The van der Waals surface area contributed by atoms with Gasteiger partial charge in [-0.15, -0.1) is 0 Å². The minimum Gasteiger partial charge on any atom is -0.493 e. The maximum Gasteiger partial charge on any atom is 0.186 e. The van der Waals surface area contributed by atoms with Gasteiger partial charge >= 0.3 is 0 Å². The molecule has 0 saturated heterocycles. The molecule has 0 amide bonds. The average molecular weight is 221 g/mol. The lowest BCUT2D eigenvalue weighted by Gasteiger charge is -2.09. The molecule has 4 nitrogen and oxygen atoms in total. The van der Waals surface area contributed by atoms with E-state index in [0.29, 0.717) is 6.54 Å². The molecule has 0 unspecified atom stereocenters. The van der Waals surface area contributed by atoms with Crippen molar-refractivity contribution in [2.45, 2.75) is 26.8 Å². The van der Waals surface area contributed by atoms with Crippen LogP contribution in [-0.2, 0) is 6.54 Å². The summed E-state index contributed by atoms with van der Waals surface area (Å²) in [5.41, 5.74) is 12.7. The molecule has 16 heavy (non-hydrogen) atoms. The fourth-order valence-corrected chi connectivity index (χ4v) is 1.37. The Hall–Kier alpha value is -1.71. The zero-order chi connectivity index (χ0) is 12.0. The third kappa shape index (κ3) is 3.81. The van der Waals surface area contributed by atoms with Crippen molar-refractivity contribution in [3.05, 3.63) is 29.3 Å². The number of ether oxygens (including phenoxy) is 1. The van der Waals surface area contributed by atoms with Crippen LogP contribution >= 0.6 is 0 Å². The Kier molecular flexibility index (Phi) is 4.64. The monoisotopic (exact) mass is 221 g/mol. The zero-order valence-electron chi connectivity index (χ0n) is 9.86. The maximum atomic E-state index is 5.58. The van der Waals surface area contributed by atoms with Crippen LogP contribution in [0, 0.1) is 6.92 Å². The predicted molar refractivity (Wildman–Crippen MR) is 66.5 cm³/mol. The largest absolute Gasteiger partial charge is 0.493 e. The van der Waals surface area contributed by atoms with Gasteiger partial charge in [0.05, 0.1) is 13.2 Å². The standard InChI is InChI=1S/C12H19N3O/c1-3-6-16-11-5-4-10(7-9(11)2)8-15-12(13)14/h4-5,7H,3,6,8H2,1-2H3,(H4,13,14,15). The Morgan fingerprint density at radius 3 is 2.69 bits per heavy atom. The summed E-state index contributed by atoms with van der Waals surface area (Å²) in [6.07, 6.45) is 1.01. The molecule has 0 aliphatic heterocycles. The summed E-state index contributed by atoms with van der Waals surface area (Å²) in [6.45, 7) is 5.36. The molecule has 0 aliphatic rings. The summed E-state index contributed by atoms with van der Waals surface area (Å²) in [6, 6.07) is 5.98. The zero-order valence-corrected chi connectivity index (χ0v) is 9.86. The van der Waals surface area contributed by atoms with Gasteiger partial charge in [-0.3, -0.25) is 0 Å². The van der Waals surface area contributed by atoms with Gasteiger partial charge in [0.25, 0.3) is 0 Å². The maximum absolute atomic E-state index is 5.58. The second kappa shape index (κ2) is 6.00. The Morgan fingerprint density at radius 1 is 1.38 bits per heavy atom. The number of benzene rings is 1. The molecule has 88 valence electrons. The molecule has 0 bridgehead atoms. The second-order valence-corrected chi connectivity index (χ2v) is 3.69. The fourth-order valence-electron chi connectivity index (χ4n) is 1.37. The van der Waals surface area contributed by atoms with E-state index in [4.69, 9.17) is 16.2 Å². The van der Waals surface area contributed by atoms with Crippen molar-refractivity contribution in [1.29, 1.82) is 0 Å². The molecule has 1 aromatic carbocycles. The van der Waals surface area contributed by atoms with E-state index >= 15 is 0 Å². The Bertz CT molecular complexity index is 371. The van der Waals surface area contributed by atoms with Crippen LogP contribution in [0.3, 0.4) is 0 Å². The van der Waals surface area contributed by atoms with Crippen molar-refractivity contribution in [2.24, 2.45) is 16.5 Å². The first-order valence-electron chi connectivity index (χ1n) is 5.41. The van der Waals surface area contributed by atoms with Crippen molar-refractivity contribution in [2.75, 3.05) is 6.61 Å². The minimum atomic E-state index is 0.115. The average Bonchev–Trinajstić information content (AvgIpc) is 2.25. The molecule has 0 saturated carbocycles. The molecule has 1 rings (SSSR count). The minimum absolute atomic E-state index is 0.115. The van der Waals surface area contributed by atoms with Gasteiger partial charge < -0.3 is 16.2 Å². The highest BCUT2D eigenvalue weighted by Crippen LogP contribution is 2.19. The number of hydrogen-bond donors (Lipinski definition) is 2. The summed E-state index contributed by atoms with van der Waals surface area (Å²) in [7, 11) is 0. The van der Waals surface area contributed by atoms with Gasteiger partial charge in [-0.2, -0.15) is 0 Å². The van der Waals surface area contributed by atoms with Gasteiger partial charge in [0, 0.05) is 0 Å². The van der Waals surface area contributed by atoms with E-state index in [0.717, 1.165) is 29.9 Å². The first kappa shape index (κ1) is 12.4. The molecular formula is C12H19N3O. The molecule has 0 radical (unpaired) electrons. The summed E-state index contributed by atoms with van der Waals surface area (Å²) in [5.74, 6) is 1.04. The summed E-state index contributed by atoms with van der Waals surface area (Å²) >= 11 is 0. The normalized spacial score (nSPS) is 9.88. The van der Waals surface area contributed by atoms with Crippen LogP contribution < -0.4 is 16.2 Å². The van der Waals surface area contributed by atoms with Crippen LogP contribution in [0.25, 0.3) is 0 Å². The highest BCUT2D eigenvalue weighted by Gasteiger charge is 2.00. The third-order valence-corrected chi connectivity index (χ3v) is 2.15. The van der Waals surface area contributed by atoms with Crippen LogP contribution in [0.5, 0.6) is 5.75 Å². The van der Waals surface area contributed by atoms with Crippen LogP contribution in [0.2, 0.25) is 0 Å². The number of nitrogens with two attached hydrogens (primary N) is 2. The number of nitrogens with zero attached hydrogens (tertiary/aromatic N) is 1. The summed E-state index contributed by atoms with van der Waals surface area (Å²) in [4.78, 5) is 3.96. The Balaban J connectivity index is 2.70. The molecule has 0 aromatic heterocycles. The van der Waals surface area contributed by atoms with Gasteiger partial charge in [-0.05, 0) is 30.5 Å². The lowest BCUT2D eigenvalue weighted by Crippen LogP contribution is -2.22. The van der Waals surface area contributed by atoms with E-state index in [1.165, 1.54) is 0 Å². The molecule has 4 heteroatoms. The van der Waals surface area contributed by atoms with Crippen LogP contribution in [0.15, 0.2) is 23.2 Å². The quantitative estimate of drug-likeness (QED) is 0.585. The first-order valence-corrected chi connectivity index (χ1v) is 5.41. The number of aliphatic imine (C=N–C) groups is 1. The van der Waals surface area contributed by atoms with Gasteiger partial charge in [-0.25, -0.2) is 4.99 Å². The predicted octanol–water partition coefficient (Wildman–Crippen LogP) is 1.56. The van der Waals surface area contributed by atoms with E-state index in [1.54, 1.807) is 0 Å². The lowest BCUT2D eigenvalue weighted by atomic mass is 10.1. The molecule has 0 heterocycles. The Morgan fingerprint density at radius 2 is 2.12 bits per heavy atom. The highest BCUT2D eigenvalue weighted by molar-refractivity contribution is 5.75. The summed E-state index contributed by atoms with van der Waals surface area (Å²) in [5, 5.41) is 0. The number of rotatable bonds is 5. The van der Waals surface area contributed by atoms with E-state index in [2.05, 4.69) is 11.9 Å². The molecule has 0 atom stereocenters. The van der Waals surface area contributed by atoms with Crippen molar-refractivity contribution in [3.63, 3.8) is 0 Å². The van der Waals surface area contributed by atoms with Gasteiger partial charge in [0.2, 0.25) is 0 Å². The van der Waals surface area contributed by atoms with E-state index in [9.17, 15) is 0 Å². The SMILES string of the molecule is CCCOc1ccc(CN=C(N)N)cc1C. The second-order valence-electron chi connectivity index (χ2n) is 3.69.